The molecule has 4 saturated carbocycles. The number of fused-ring (bicyclic) bond motifs is 2. The topological polar surface area (TPSA) is 88.5 Å². The lowest BCUT2D eigenvalue weighted by Crippen LogP contribution is -2.62. The van der Waals surface area contributed by atoms with Gasteiger partial charge >= 0.3 is 0 Å². The smallest absolute Gasteiger partial charge is 0.240 e. The number of aliphatic hydroxyl groups excluding tert-OH is 2. The van der Waals surface area contributed by atoms with E-state index < -0.39 is 24.2 Å². The second-order valence-electron chi connectivity index (χ2n) is 15.9. The van der Waals surface area contributed by atoms with E-state index in [1.54, 1.807) is 12.0 Å². The number of nitrogens with one attached hydrogen (secondary N) is 1. The number of likely N-dealkylation sites (N-methyl/N-ethyl adjacent to an activating group) is 1. The van der Waals surface area contributed by atoms with Gasteiger partial charge < -0.3 is 25.3 Å². The molecule has 3 N–H and O–H groups in total. The lowest BCUT2D eigenvalue weighted by atomic mass is 9.45. The Kier molecular flexibility index (Phi) is 11.3. The Morgan fingerprint density at radius 2 is 1.91 bits per heavy atom. The maximum Gasteiger partial charge on any atom is 0.240 e. The highest BCUT2D eigenvalue weighted by Crippen LogP contribution is 2.61. The summed E-state index contributed by atoms with van der Waals surface area (Å²) in [7, 11) is 4.31. The molecular weight excluding hydrogens is 552 g/mol. The molecule has 1 saturated heterocycles. The summed E-state index contributed by atoms with van der Waals surface area (Å²) in [6.07, 6.45) is 15.6. The van der Waals surface area contributed by atoms with Crippen molar-refractivity contribution < 1.29 is 19.8 Å². The number of rotatable bonds is 13. The Hall–Kier alpha value is -1.29. The fraction of sp³-hybridized carbons (Fsp3) is 0.861. The highest BCUT2D eigenvalue weighted by atomic mass is 16.7. The van der Waals surface area contributed by atoms with Gasteiger partial charge in [-0.3, -0.25) is 9.63 Å². The van der Waals surface area contributed by atoms with Crippen LogP contribution in [0.25, 0.3) is 0 Å². The van der Waals surface area contributed by atoms with E-state index in [0.717, 1.165) is 44.0 Å². The number of nitrogens with zero attached hydrogens (tertiary/aromatic N) is 3. The highest BCUT2D eigenvalue weighted by molar-refractivity contribution is 5.83. The van der Waals surface area contributed by atoms with E-state index in [2.05, 4.69) is 68.2 Å². The third kappa shape index (κ3) is 7.63. The van der Waals surface area contributed by atoms with Crippen LogP contribution in [0.4, 0.5) is 0 Å². The van der Waals surface area contributed by atoms with Crippen molar-refractivity contribution >= 4 is 5.91 Å². The van der Waals surface area contributed by atoms with Crippen LogP contribution in [0.3, 0.4) is 0 Å². The second kappa shape index (κ2) is 14.6. The summed E-state index contributed by atoms with van der Waals surface area (Å²) in [4.78, 5) is 25.2. The Morgan fingerprint density at radius 3 is 2.55 bits per heavy atom. The normalized spacial score (nSPS) is 36.4. The maximum absolute atomic E-state index is 14.0. The van der Waals surface area contributed by atoms with E-state index in [0.29, 0.717) is 35.6 Å². The van der Waals surface area contributed by atoms with Gasteiger partial charge in [-0.2, -0.15) is 5.06 Å². The molecule has 1 heterocycles. The fourth-order valence-corrected chi connectivity index (χ4v) is 9.38. The van der Waals surface area contributed by atoms with Gasteiger partial charge in [-0.1, -0.05) is 58.3 Å². The van der Waals surface area contributed by atoms with Crippen LogP contribution in [0.15, 0.2) is 23.8 Å². The molecule has 2 bridgehead atoms. The van der Waals surface area contributed by atoms with Crippen molar-refractivity contribution in [3.05, 3.63) is 23.8 Å². The molecule has 5 fully saturated rings. The van der Waals surface area contributed by atoms with Gasteiger partial charge in [-0.05, 0) is 93.7 Å². The highest BCUT2D eigenvalue weighted by Gasteiger charge is 2.57. The van der Waals surface area contributed by atoms with Crippen molar-refractivity contribution in [1.82, 2.24) is 20.2 Å². The van der Waals surface area contributed by atoms with Crippen molar-refractivity contribution in [2.45, 2.75) is 103 Å². The Morgan fingerprint density at radius 1 is 1.16 bits per heavy atom. The number of carbonyl (C=O) groups excluding carboxylic acids is 1. The van der Waals surface area contributed by atoms with Crippen molar-refractivity contribution in [2.24, 2.45) is 40.9 Å². The van der Waals surface area contributed by atoms with Gasteiger partial charge in [0.15, 0.2) is 0 Å². The molecule has 0 aromatic heterocycles. The van der Waals surface area contributed by atoms with Crippen LogP contribution in [0, 0.1) is 40.9 Å². The largest absolute Gasteiger partial charge is 0.394 e. The Labute approximate surface area is 267 Å². The first-order valence-corrected chi connectivity index (χ1v) is 17.7. The first kappa shape index (κ1) is 34.1. The molecule has 0 spiro atoms. The van der Waals surface area contributed by atoms with E-state index in [4.69, 9.17) is 4.84 Å². The summed E-state index contributed by atoms with van der Waals surface area (Å²) < 4.78 is 0. The molecule has 0 radical (unpaired) electrons. The zero-order valence-electron chi connectivity index (χ0n) is 28.5. The van der Waals surface area contributed by atoms with Crippen molar-refractivity contribution in [3.63, 3.8) is 0 Å². The maximum atomic E-state index is 14.0. The second-order valence-corrected chi connectivity index (χ2v) is 15.9. The summed E-state index contributed by atoms with van der Waals surface area (Å²) in [6, 6.07) is -0.511. The standard InChI is InChI=1S/C36H62N4O4/c1-24-30-18-29(36(30,3)4)19-31(24)37-35(43)34-33(25(2)42)32(23-41)44-40(34)22-28-14-10-13-27(17-28)21-39(16-15-38(5)6)20-26-11-8-7-9-12-26/h10,14,17,24-27,29-34,41-42H,7-9,11-13,15-16,18-23H2,1-6H3,(H,37,43)/t24?,25-,27?,29?,30-,31?,32-,33?,34-/m0/s1. The molecule has 44 heavy (non-hydrogen) atoms. The number of hydrogen-bond donors (Lipinski definition) is 3. The SMILES string of the molecule is CC1C(NC(=O)[C@@H]2C([C@H](C)O)[C@H](CO)ON2CC2=CC(CN(CCN(C)C)CC3CCCCC3)CC=C2)CC2C[C@@H]1C2(C)C. The molecule has 8 nitrogen and oxygen atoms in total. The zero-order valence-corrected chi connectivity index (χ0v) is 28.5. The number of aliphatic hydroxyl groups is 2. The van der Waals surface area contributed by atoms with E-state index in [9.17, 15) is 15.0 Å². The number of carbonyl (C=O) groups is 1. The molecule has 0 aromatic carbocycles. The first-order valence-electron chi connectivity index (χ1n) is 17.7. The number of hydroxylamine groups is 2. The zero-order chi connectivity index (χ0) is 31.6. The molecule has 8 heteroatoms. The first-order chi connectivity index (χ1) is 21.0. The van der Waals surface area contributed by atoms with Crippen LogP contribution in [0.2, 0.25) is 0 Å². The third-order valence-corrected chi connectivity index (χ3v) is 12.2. The Balaban J connectivity index is 1.26. The van der Waals surface area contributed by atoms with E-state index in [-0.39, 0.29) is 18.6 Å². The molecule has 5 aliphatic carbocycles. The van der Waals surface area contributed by atoms with Crippen molar-refractivity contribution in [3.8, 4) is 0 Å². The number of hydrogen-bond acceptors (Lipinski definition) is 7. The van der Waals surface area contributed by atoms with Crippen LogP contribution in [0.1, 0.15) is 79.1 Å². The minimum atomic E-state index is -0.780. The molecule has 6 rings (SSSR count). The van der Waals surface area contributed by atoms with Crippen molar-refractivity contribution in [1.29, 1.82) is 0 Å². The predicted molar refractivity (Wildman–Crippen MR) is 176 cm³/mol. The van der Waals surface area contributed by atoms with Gasteiger partial charge in [0.05, 0.1) is 12.7 Å². The molecule has 9 atom stereocenters. The summed E-state index contributed by atoms with van der Waals surface area (Å²) in [6.45, 7) is 13.3. The lowest BCUT2D eigenvalue weighted by Gasteiger charge is -2.62. The molecule has 6 aliphatic rings. The minimum absolute atomic E-state index is 0.0814. The minimum Gasteiger partial charge on any atom is -0.394 e. The lowest BCUT2D eigenvalue weighted by molar-refractivity contribution is -0.173. The van der Waals surface area contributed by atoms with Gasteiger partial charge in [-0.25, -0.2) is 0 Å². The number of allylic oxidation sites excluding steroid dienone is 1. The molecule has 1 amide bonds. The predicted octanol–water partition coefficient (Wildman–Crippen LogP) is 4.09. The molecular formula is C36H62N4O4. The van der Waals surface area contributed by atoms with Crippen LogP contribution in [-0.2, 0) is 9.63 Å². The van der Waals surface area contributed by atoms with Gasteiger partial charge in [0.2, 0.25) is 5.91 Å². The Bertz CT molecular complexity index is 1020. The summed E-state index contributed by atoms with van der Waals surface area (Å²) in [5.41, 5.74) is 1.49. The molecule has 0 aromatic rings. The monoisotopic (exact) mass is 614 g/mol. The van der Waals surface area contributed by atoms with Crippen LogP contribution < -0.4 is 5.32 Å². The molecule has 5 unspecified atom stereocenters. The van der Waals surface area contributed by atoms with E-state index >= 15 is 0 Å². The van der Waals surface area contributed by atoms with Crippen LogP contribution in [-0.4, -0.2) is 109 Å². The van der Waals surface area contributed by atoms with Gasteiger partial charge in [-0.15, -0.1) is 0 Å². The number of amides is 1. The van der Waals surface area contributed by atoms with Crippen LogP contribution >= 0.6 is 0 Å². The average Bonchev–Trinajstić information content (AvgIpc) is 3.36. The van der Waals surface area contributed by atoms with E-state index in [1.165, 1.54) is 45.1 Å². The summed E-state index contributed by atoms with van der Waals surface area (Å²) in [5.74, 6) is 2.34. The molecule has 250 valence electrons. The summed E-state index contributed by atoms with van der Waals surface area (Å²) in [5, 5.41) is 26.2. The van der Waals surface area contributed by atoms with Crippen molar-refractivity contribution in [2.75, 3.05) is 53.4 Å². The quantitative estimate of drug-likeness (QED) is 0.288. The van der Waals surface area contributed by atoms with Gasteiger partial charge in [0.1, 0.15) is 12.1 Å². The van der Waals surface area contributed by atoms with E-state index in [1.807, 2.05) is 0 Å². The van der Waals surface area contributed by atoms with Gasteiger partial charge in [0, 0.05) is 44.7 Å². The van der Waals surface area contributed by atoms with Crippen LogP contribution in [0.5, 0.6) is 0 Å². The van der Waals surface area contributed by atoms with Gasteiger partial charge in [0.25, 0.3) is 0 Å². The molecule has 1 aliphatic heterocycles. The fourth-order valence-electron chi connectivity index (χ4n) is 9.38. The average molecular weight is 615 g/mol. The summed E-state index contributed by atoms with van der Waals surface area (Å²) >= 11 is 0. The third-order valence-electron chi connectivity index (χ3n) is 12.2.